The molecule has 0 aromatic rings. The lowest BCUT2D eigenvalue weighted by atomic mass is 9.92. The van der Waals surface area contributed by atoms with Crippen LogP contribution in [0, 0.1) is 5.41 Å². The number of aliphatic imine (C=N–C) groups is 1. The maximum atomic E-state index is 11.9. The maximum absolute atomic E-state index is 11.9. The molecule has 1 saturated heterocycles. The van der Waals surface area contributed by atoms with Crippen LogP contribution in [0.15, 0.2) is 4.99 Å². The van der Waals surface area contributed by atoms with Crippen LogP contribution in [0.2, 0.25) is 0 Å². The van der Waals surface area contributed by atoms with Gasteiger partial charge in [-0.2, -0.15) is 0 Å². The van der Waals surface area contributed by atoms with Crippen LogP contribution in [0.1, 0.15) is 72.6 Å². The molecule has 7 heteroatoms. The molecule has 164 valence electrons. The predicted molar refractivity (Wildman–Crippen MR) is 128 cm³/mol. The summed E-state index contributed by atoms with van der Waals surface area (Å²) in [7, 11) is 0. The van der Waals surface area contributed by atoms with Crippen molar-refractivity contribution in [2.24, 2.45) is 10.4 Å². The summed E-state index contributed by atoms with van der Waals surface area (Å²) in [4.78, 5) is 19.3. The summed E-state index contributed by atoms with van der Waals surface area (Å²) in [6.07, 6.45) is 9.40. The lowest BCUT2D eigenvalue weighted by molar-refractivity contribution is -0.128. The van der Waals surface area contributed by atoms with Crippen LogP contribution in [0.5, 0.6) is 0 Å². The second-order valence-corrected chi connectivity index (χ2v) is 9.04. The minimum absolute atomic E-state index is 0. The zero-order valence-electron chi connectivity index (χ0n) is 18.4. The van der Waals surface area contributed by atoms with E-state index in [1.165, 1.54) is 51.5 Å². The van der Waals surface area contributed by atoms with Gasteiger partial charge in [-0.15, -0.1) is 24.0 Å². The first kappa shape index (κ1) is 25.5. The number of nitrogens with zero attached hydrogens (tertiary/aromatic N) is 2. The van der Waals surface area contributed by atoms with Crippen LogP contribution in [0.25, 0.3) is 0 Å². The van der Waals surface area contributed by atoms with Gasteiger partial charge in [0.1, 0.15) is 0 Å². The van der Waals surface area contributed by atoms with Crippen LogP contribution in [0.4, 0.5) is 0 Å². The molecule has 28 heavy (non-hydrogen) atoms. The minimum Gasteiger partial charge on any atom is -0.357 e. The Hall–Kier alpha value is -0.570. The van der Waals surface area contributed by atoms with Crippen LogP contribution in [-0.2, 0) is 4.79 Å². The number of hydrogen-bond acceptors (Lipinski definition) is 3. The van der Waals surface area contributed by atoms with Gasteiger partial charge in [0.15, 0.2) is 5.96 Å². The van der Waals surface area contributed by atoms with Crippen LogP contribution in [-0.4, -0.2) is 61.6 Å². The number of nitrogens with one attached hydrogen (secondary N) is 3. The van der Waals surface area contributed by atoms with E-state index in [0.717, 1.165) is 25.1 Å². The molecule has 0 bridgehead atoms. The van der Waals surface area contributed by atoms with Gasteiger partial charge in [0.2, 0.25) is 5.91 Å². The van der Waals surface area contributed by atoms with E-state index >= 15 is 0 Å². The van der Waals surface area contributed by atoms with Gasteiger partial charge in [-0.05, 0) is 39.2 Å². The van der Waals surface area contributed by atoms with E-state index in [1.54, 1.807) is 0 Å². The molecule has 0 aromatic heterocycles. The minimum atomic E-state index is -0.350. The molecule has 2 fully saturated rings. The Morgan fingerprint density at radius 2 is 1.79 bits per heavy atom. The van der Waals surface area contributed by atoms with Crippen molar-refractivity contribution in [2.75, 3.05) is 32.7 Å². The lowest BCUT2D eigenvalue weighted by Crippen LogP contribution is -2.53. The second-order valence-electron chi connectivity index (χ2n) is 9.04. The topological polar surface area (TPSA) is 68.8 Å². The summed E-state index contributed by atoms with van der Waals surface area (Å²) in [5.41, 5.74) is -0.350. The van der Waals surface area contributed by atoms with Gasteiger partial charge in [0.05, 0.1) is 6.54 Å². The van der Waals surface area contributed by atoms with E-state index in [-0.39, 0.29) is 35.3 Å². The number of piperidine rings is 1. The Kier molecular flexibility index (Phi) is 11.7. The summed E-state index contributed by atoms with van der Waals surface area (Å²) < 4.78 is 0. The second kappa shape index (κ2) is 12.9. The fourth-order valence-electron chi connectivity index (χ4n) is 4.02. The molecule has 1 heterocycles. The highest BCUT2D eigenvalue weighted by Gasteiger charge is 2.27. The van der Waals surface area contributed by atoms with E-state index in [4.69, 9.17) is 0 Å². The molecular weight excluding hydrogens is 465 g/mol. The molecule has 3 N–H and O–H groups in total. The Morgan fingerprint density at radius 1 is 1.07 bits per heavy atom. The monoisotopic (exact) mass is 507 g/mol. The first-order valence-electron chi connectivity index (χ1n) is 11.0. The van der Waals surface area contributed by atoms with Crippen molar-refractivity contribution in [1.29, 1.82) is 0 Å². The van der Waals surface area contributed by atoms with Crippen molar-refractivity contribution in [3.8, 4) is 0 Å². The summed E-state index contributed by atoms with van der Waals surface area (Å²) in [5, 5.41) is 9.94. The number of guanidine groups is 1. The van der Waals surface area contributed by atoms with E-state index in [2.05, 4.69) is 32.8 Å². The number of halogens is 1. The molecule has 0 aromatic carbocycles. The average molecular weight is 508 g/mol. The van der Waals surface area contributed by atoms with Crippen molar-refractivity contribution < 1.29 is 4.79 Å². The first-order valence-corrected chi connectivity index (χ1v) is 11.0. The molecule has 1 atom stereocenters. The van der Waals surface area contributed by atoms with Crippen LogP contribution < -0.4 is 16.0 Å². The third kappa shape index (κ3) is 8.84. The van der Waals surface area contributed by atoms with Crippen LogP contribution in [0.3, 0.4) is 0 Å². The molecule has 2 rings (SSSR count). The SMILES string of the molecule is CCNC(=NCCNC(=O)C(C)(C)C)NC1CCCN(C2CCCCC2)C1.I. The number of likely N-dealkylation sites (tertiary alicyclic amines) is 1. The molecule has 1 aliphatic heterocycles. The highest BCUT2D eigenvalue weighted by Crippen LogP contribution is 2.25. The van der Waals surface area contributed by atoms with E-state index < -0.39 is 0 Å². The number of carbonyl (C=O) groups excluding carboxylic acids is 1. The number of hydrogen-bond donors (Lipinski definition) is 3. The highest BCUT2D eigenvalue weighted by atomic mass is 127. The molecule has 1 amide bonds. The van der Waals surface area contributed by atoms with Crippen molar-refractivity contribution in [2.45, 2.75) is 84.7 Å². The molecular formula is C21H42IN5O. The molecule has 0 spiro atoms. The van der Waals surface area contributed by atoms with Crippen molar-refractivity contribution >= 4 is 35.8 Å². The van der Waals surface area contributed by atoms with Gasteiger partial charge < -0.3 is 16.0 Å². The lowest BCUT2D eigenvalue weighted by Gasteiger charge is -2.40. The van der Waals surface area contributed by atoms with Gasteiger partial charge in [-0.25, -0.2) is 0 Å². The fraction of sp³-hybridized carbons (Fsp3) is 0.905. The Morgan fingerprint density at radius 3 is 2.43 bits per heavy atom. The molecule has 6 nitrogen and oxygen atoms in total. The molecule has 1 unspecified atom stereocenters. The zero-order chi connectivity index (χ0) is 19.7. The third-order valence-electron chi connectivity index (χ3n) is 5.58. The zero-order valence-corrected chi connectivity index (χ0v) is 20.7. The van der Waals surface area contributed by atoms with Crippen molar-refractivity contribution in [3.63, 3.8) is 0 Å². The van der Waals surface area contributed by atoms with Gasteiger partial charge in [0.25, 0.3) is 0 Å². The van der Waals surface area contributed by atoms with Gasteiger partial charge in [0, 0.05) is 37.1 Å². The molecule has 2 aliphatic rings. The maximum Gasteiger partial charge on any atom is 0.225 e. The van der Waals surface area contributed by atoms with E-state index in [9.17, 15) is 4.79 Å². The summed E-state index contributed by atoms with van der Waals surface area (Å²) in [6, 6.07) is 1.25. The third-order valence-corrected chi connectivity index (χ3v) is 5.58. The predicted octanol–water partition coefficient (Wildman–Crippen LogP) is 3.12. The fourth-order valence-corrected chi connectivity index (χ4v) is 4.02. The van der Waals surface area contributed by atoms with Gasteiger partial charge in [-0.1, -0.05) is 40.0 Å². The standard InChI is InChI=1S/C21H41N5O.HI/c1-5-22-20(24-14-13-23-19(27)21(2,3)4)25-17-10-9-15-26(16-17)18-11-7-6-8-12-18;/h17-18H,5-16H2,1-4H3,(H,23,27)(H2,22,24,25);1H. The Balaban J connectivity index is 0.00000392. The summed E-state index contributed by atoms with van der Waals surface area (Å²) >= 11 is 0. The highest BCUT2D eigenvalue weighted by molar-refractivity contribution is 14.0. The van der Waals surface area contributed by atoms with Crippen LogP contribution >= 0.6 is 24.0 Å². The Bertz CT molecular complexity index is 486. The van der Waals surface area contributed by atoms with E-state index in [0.29, 0.717) is 19.1 Å². The smallest absolute Gasteiger partial charge is 0.225 e. The summed E-state index contributed by atoms with van der Waals surface area (Å²) in [6.45, 7) is 12.3. The molecule has 1 aliphatic carbocycles. The molecule has 0 radical (unpaired) electrons. The van der Waals surface area contributed by atoms with Gasteiger partial charge >= 0.3 is 0 Å². The molecule has 1 saturated carbocycles. The van der Waals surface area contributed by atoms with Gasteiger partial charge in [-0.3, -0.25) is 14.7 Å². The summed E-state index contributed by atoms with van der Waals surface area (Å²) in [5.74, 6) is 0.948. The normalized spacial score (nSPS) is 22.3. The van der Waals surface area contributed by atoms with Crippen molar-refractivity contribution in [3.05, 3.63) is 0 Å². The van der Waals surface area contributed by atoms with Crippen molar-refractivity contribution in [1.82, 2.24) is 20.9 Å². The first-order chi connectivity index (χ1) is 12.9. The number of amides is 1. The van der Waals surface area contributed by atoms with E-state index in [1.807, 2.05) is 20.8 Å². The Labute approximate surface area is 189 Å². The number of carbonyl (C=O) groups is 1. The quantitative estimate of drug-likeness (QED) is 0.224. The number of rotatable bonds is 6. The average Bonchev–Trinajstić information content (AvgIpc) is 2.65. The largest absolute Gasteiger partial charge is 0.357 e.